The minimum absolute atomic E-state index is 0.0387. The summed E-state index contributed by atoms with van der Waals surface area (Å²) in [6.07, 6.45) is 67.2. The highest BCUT2D eigenvalue weighted by Gasteiger charge is 2.50. The molecule has 470 valence electrons. The zero-order valence-electron chi connectivity index (χ0n) is 51.9. The normalized spacial score (nSPS) is 18.4. The fourth-order valence-corrected chi connectivity index (χ4v) is 9.09. The first kappa shape index (κ1) is 76.1. The van der Waals surface area contributed by atoms with Crippen molar-refractivity contribution in [3.8, 4) is 0 Å². The first-order chi connectivity index (χ1) is 40.6. The highest BCUT2D eigenvalue weighted by Crippen LogP contribution is 2.26. The third kappa shape index (κ3) is 47.1. The molecule has 83 heavy (non-hydrogen) atoms. The van der Waals surface area contributed by atoms with Crippen LogP contribution in [-0.4, -0.2) is 89.2 Å². The second kappa shape index (κ2) is 57.5. The zero-order valence-corrected chi connectivity index (χ0v) is 51.9. The van der Waals surface area contributed by atoms with E-state index in [2.05, 4.69) is 142 Å². The van der Waals surface area contributed by atoms with Gasteiger partial charge in [0.15, 0.2) is 24.6 Å². The van der Waals surface area contributed by atoms with Crippen molar-refractivity contribution in [3.05, 3.63) is 122 Å². The number of carboxylic acids is 1. The predicted octanol–water partition coefficient (Wildman–Crippen LogP) is 17.6. The van der Waals surface area contributed by atoms with Gasteiger partial charge in [-0.05, 0) is 128 Å². The molecule has 0 bridgehead atoms. The number of carboxylic acid groups (broad SMARTS) is 1. The second-order valence-electron chi connectivity index (χ2n) is 21.6. The summed E-state index contributed by atoms with van der Waals surface area (Å²) in [6, 6.07) is 0. The van der Waals surface area contributed by atoms with Gasteiger partial charge in [0.25, 0.3) is 0 Å². The third-order valence-electron chi connectivity index (χ3n) is 14.0. The number of aliphatic carboxylic acids is 1. The maximum atomic E-state index is 13.2. The topological polar surface area (TPSA) is 175 Å². The number of carbonyl (C=O) groups is 4. The van der Waals surface area contributed by atoms with Crippen LogP contribution in [0, 0.1) is 0 Å². The third-order valence-corrected chi connectivity index (χ3v) is 14.0. The molecule has 0 aromatic carbocycles. The zero-order chi connectivity index (χ0) is 60.3. The molecule has 6 unspecified atom stereocenters. The number of unbranched alkanes of at least 4 members (excludes halogenated alkanes) is 20. The number of hydrogen-bond acceptors (Lipinski definition) is 11. The Hall–Kier alpha value is -4.88. The molecule has 1 fully saturated rings. The molecular weight excluding hydrogens is 1040 g/mol. The van der Waals surface area contributed by atoms with E-state index in [1.165, 1.54) is 25.7 Å². The Balaban J connectivity index is 2.70. The lowest BCUT2D eigenvalue weighted by Crippen LogP contribution is -2.61. The van der Waals surface area contributed by atoms with Gasteiger partial charge < -0.3 is 39.0 Å². The number of ether oxygens (including phenoxy) is 5. The van der Waals surface area contributed by atoms with Crippen LogP contribution in [0.5, 0.6) is 0 Å². The minimum atomic E-state index is -1.92. The summed E-state index contributed by atoms with van der Waals surface area (Å²) in [6.45, 7) is 5.72. The largest absolute Gasteiger partial charge is 0.479 e. The van der Waals surface area contributed by atoms with E-state index < -0.39 is 67.3 Å². The van der Waals surface area contributed by atoms with E-state index in [1.54, 1.807) is 0 Å². The molecule has 12 nitrogen and oxygen atoms in total. The van der Waals surface area contributed by atoms with Crippen molar-refractivity contribution in [2.24, 2.45) is 0 Å². The Kier molecular flexibility index (Phi) is 52.8. The Morgan fingerprint density at radius 1 is 0.410 bits per heavy atom. The van der Waals surface area contributed by atoms with Gasteiger partial charge in [-0.25, -0.2) is 4.79 Å². The van der Waals surface area contributed by atoms with Gasteiger partial charge >= 0.3 is 23.9 Å². The van der Waals surface area contributed by atoms with Crippen molar-refractivity contribution in [2.45, 2.75) is 289 Å². The molecule has 0 aromatic rings. The van der Waals surface area contributed by atoms with E-state index in [0.717, 1.165) is 167 Å². The van der Waals surface area contributed by atoms with E-state index >= 15 is 0 Å². The molecule has 0 saturated carbocycles. The van der Waals surface area contributed by atoms with Crippen LogP contribution >= 0.6 is 0 Å². The molecule has 3 N–H and O–H groups in total. The van der Waals surface area contributed by atoms with Gasteiger partial charge in [-0.1, -0.05) is 226 Å². The van der Waals surface area contributed by atoms with E-state index in [-0.39, 0.29) is 25.9 Å². The van der Waals surface area contributed by atoms with Crippen molar-refractivity contribution in [1.29, 1.82) is 0 Å². The van der Waals surface area contributed by atoms with Crippen LogP contribution in [0.15, 0.2) is 122 Å². The van der Waals surface area contributed by atoms with Crippen LogP contribution in [0.4, 0.5) is 0 Å². The lowest BCUT2D eigenvalue weighted by Gasteiger charge is -2.40. The number of allylic oxidation sites excluding steroid dienone is 20. The second-order valence-corrected chi connectivity index (χ2v) is 21.6. The Morgan fingerprint density at radius 3 is 1.16 bits per heavy atom. The molecule has 0 aromatic heterocycles. The minimum Gasteiger partial charge on any atom is -0.479 e. The van der Waals surface area contributed by atoms with Crippen LogP contribution in [-0.2, 0) is 42.9 Å². The summed E-state index contributed by atoms with van der Waals surface area (Å²) < 4.78 is 28.5. The van der Waals surface area contributed by atoms with Crippen LogP contribution in [0.25, 0.3) is 0 Å². The summed E-state index contributed by atoms with van der Waals surface area (Å²) in [4.78, 5) is 51.4. The van der Waals surface area contributed by atoms with Crippen LogP contribution < -0.4 is 0 Å². The molecule has 1 aliphatic heterocycles. The van der Waals surface area contributed by atoms with Crippen molar-refractivity contribution >= 4 is 23.9 Å². The Morgan fingerprint density at radius 2 is 0.759 bits per heavy atom. The number of rotatable bonds is 54. The quantitative estimate of drug-likeness (QED) is 0.0228. The predicted molar refractivity (Wildman–Crippen MR) is 340 cm³/mol. The summed E-state index contributed by atoms with van der Waals surface area (Å²) in [5, 5.41) is 31.6. The molecule has 0 aliphatic carbocycles. The molecule has 0 spiro atoms. The van der Waals surface area contributed by atoms with Crippen molar-refractivity contribution in [3.63, 3.8) is 0 Å². The Labute approximate surface area is 503 Å². The lowest BCUT2D eigenvalue weighted by molar-refractivity contribution is -0.301. The monoisotopic (exact) mass is 1160 g/mol. The number of esters is 3. The van der Waals surface area contributed by atoms with Gasteiger partial charge in [-0.2, -0.15) is 0 Å². The lowest BCUT2D eigenvalue weighted by atomic mass is 9.98. The first-order valence-electron chi connectivity index (χ1n) is 32.5. The first-order valence-corrected chi connectivity index (χ1v) is 32.5. The average molecular weight is 1160 g/mol. The number of aliphatic hydroxyl groups excluding tert-OH is 2. The van der Waals surface area contributed by atoms with E-state index in [4.69, 9.17) is 23.7 Å². The van der Waals surface area contributed by atoms with E-state index in [1.807, 2.05) is 0 Å². The molecule has 6 atom stereocenters. The SMILES string of the molecule is CC/C=C\C/C=C\C/C=C\C/C=C\CCCCCCC(=O)OC(COC(=O)CCCCCCCC/C=C\C/C=C\C/C=C\CCCCC)COC1OC(C(=O)O)C(O)C(O)C1OC(=O)CCCCCCCCC/C=C\C/C=C\C/C=C\CC. The van der Waals surface area contributed by atoms with Gasteiger partial charge in [0.05, 0.1) is 6.61 Å². The van der Waals surface area contributed by atoms with Gasteiger partial charge in [0.2, 0.25) is 0 Å². The Bertz CT molecular complexity index is 1900. The molecule has 1 aliphatic rings. The smallest absolute Gasteiger partial charge is 0.335 e. The van der Waals surface area contributed by atoms with Crippen LogP contribution in [0.1, 0.15) is 252 Å². The molecule has 0 radical (unpaired) electrons. The average Bonchev–Trinajstić information content (AvgIpc) is 3.59. The summed E-state index contributed by atoms with van der Waals surface area (Å²) in [5.74, 6) is -3.19. The molecular formula is C71H114O12. The maximum absolute atomic E-state index is 13.2. The van der Waals surface area contributed by atoms with Gasteiger partial charge in [0, 0.05) is 19.3 Å². The summed E-state index contributed by atoms with van der Waals surface area (Å²) in [7, 11) is 0. The van der Waals surface area contributed by atoms with E-state index in [9.17, 15) is 34.5 Å². The standard InChI is InChI=1S/C71H114O12/c1-4-7-10-13-16-19-22-25-28-31-32-35-36-39-42-45-48-51-54-57-63(72)79-60-62(81-64(73)58-55-52-49-46-43-40-37-33-29-26-23-20-17-14-11-8-5-2)61-80-71-69(67(76)66(75)68(83-71)70(77)78)82-65(74)59-56-53-50-47-44-41-38-34-30-27-24-21-18-15-12-9-6-3/h8-9,11-12,16-21,25-30,32,35,37,40,62,66-69,71,75-76H,4-7,10,13-15,22-24,31,33-34,36,38-39,41-61H2,1-3H3,(H,77,78)/b11-8-,12-9-,19-16-,20-17-,21-18-,28-25-,29-26-,30-27-,35-32-,40-37-. The van der Waals surface area contributed by atoms with Crippen LogP contribution in [0.3, 0.4) is 0 Å². The number of hydrogen-bond donors (Lipinski definition) is 3. The van der Waals surface area contributed by atoms with Crippen molar-refractivity contribution in [1.82, 2.24) is 0 Å². The van der Waals surface area contributed by atoms with Crippen molar-refractivity contribution < 1.29 is 58.2 Å². The molecule has 12 heteroatoms. The summed E-state index contributed by atoms with van der Waals surface area (Å²) in [5.41, 5.74) is 0. The maximum Gasteiger partial charge on any atom is 0.335 e. The van der Waals surface area contributed by atoms with E-state index in [0.29, 0.717) is 19.3 Å². The highest BCUT2D eigenvalue weighted by molar-refractivity contribution is 5.74. The number of aliphatic hydroxyl groups is 2. The summed E-state index contributed by atoms with van der Waals surface area (Å²) >= 11 is 0. The van der Waals surface area contributed by atoms with Crippen molar-refractivity contribution in [2.75, 3.05) is 13.2 Å². The van der Waals surface area contributed by atoms with Gasteiger partial charge in [0.1, 0.15) is 18.8 Å². The molecule has 1 rings (SSSR count). The highest BCUT2D eigenvalue weighted by atomic mass is 16.7. The van der Waals surface area contributed by atoms with Gasteiger partial charge in [-0.15, -0.1) is 0 Å². The molecule has 1 heterocycles. The van der Waals surface area contributed by atoms with Crippen LogP contribution in [0.2, 0.25) is 0 Å². The molecule has 1 saturated heterocycles. The fraction of sp³-hybridized carbons (Fsp3) is 0.662. The fourth-order valence-electron chi connectivity index (χ4n) is 9.09. The molecule has 0 amide bonds. The van der Waals surface area contributed by atoms with Gasteiger partial charge in [-0.3, -0.25) is 14.4 Å². The number of carbonyl (C=O) groups excluding carboxylic acids is 3.